The molecule has 0 atom stereocenters. The minimum Gasteiger partial charge on any atom is -0.316 e. The number of rotatable bonds is 4. The molecule has 116 valence electrons. The third kappa shape index (κ3) is 3.22. The van der Waals surface area contributed by atoms with Crippen LogP contribution in [-0.4, -0.2) is 23.4 Å². The van der Waals surface area contributed by atoms with Crippen LogP contribution in [0.4, 0.5) is 0 Å². The Morgan fingerprint density at radius 2 is 2.18 bits per heavy atom. The number of nitrogens with zero attached hydrogens (tertiary/aromatic N) is 2. The maximum atomic E-state index is 6.30. The molecule has 3 rings (SSSR count). The SMILES string of the molecule is CNCC=C1CCCc2cnn(Cc3ccc(Cl)cc3Cl)c21. The number of allylic oxidation sites excluding steroid dienone is 1. The largest absolute Gasteiger partial charge is 0.316 e. The van der Waals surface area contributed by atoms with Crippen molar-refractivity contribution < 1.29 is 0 Å². The highest BCUT2D eigenvalue weighted by molar-refractivity contribution is 6.35. The standard InChI is InChI=1S/C17H19Cl2N3/c1-20-8-7-12-3-2-4-13-10-21-22(17(12)13)11-14-5-6-15(18)9-16(14)19/h5-7,9-10,20H,2-4,8,11H2,1H3. The molecule has 1 aliphatic rings. The normalized spacial score (nSPS) is 16.0. The molecule has 5 heteroatoms. The minimum atomic E-state index is 0.658. The van der Waals surface area contributed by atoms with E-state index in [4.69, 9.17) is 23.2 Å². The van der Waals surface area contributed by atoms with Gasteiger partial charge in [-0.2, -0.15) is 5.10 Å². The van der Waals surface area contributed by atoms with Crippen LogP contribution in [0, 0.1) is 0 Å². The van der Waals surface area contributed by atoms with Crippen LogP contribution in [0.3, 0.4) is 0 Å². The lowest BCUT2D eigenvalue weighted by Gasteiger charge is -2.18. The van der Waals surface area contributed by atoms with Gasteiger partial charge in [0.15, 0.2) is 0 Å². The van der Waals surface area contributed by atoms with Gasteiger partial charge in [0.25, 0.3) is 0 Å². The third-order valence-corrected chi connectivity index (χ3v) is 4.59. The highest BCUT2D eigenvalue weighted by Gasteiger charge is 2.20. The van der Waals surface area contributed by atoms with E-state index in [1.54, 1.807) is 6.07 Å². The van der Waals surface area contributed by atoms with Crippen LogP contribution in [0.25, 0.3) is 5.57 Å². The number of hydrogen-bond acceptors (Lipinski definition) is 2. The molecule has 0 saturated heterocycles. The fourth-order valence-electron chi connectivity index (χ4n) is 2.92. The molecule has 1 N–H and O–H groups in total. The maximum Gasteiger partial charge on any atom is 0.0681 e. The van der Waals surface area contributed by atoms with Crippen LogP contribution in [0.15, 0.2) is 30.5 Å². The van der Waals surface area contributed by atoms with Crippen LogP contribution >= 0.6 is 23.2 Å². The molecule has 2 aromatic rings. The van der Waals surface area contributed by atoms with E-state index in [1.807, 2.05) is 25.4 Å². The van der Waals surface area contributed by atoms with Crippen molar-refractivity contribution in [3.63, 3.8) is 0 Å². The smallest absolute Gasteiger partial charge is 0.0681 e. The first-order valence-corrected chi connectivity index (χ1v) is 8.27. The van der Waals surface area contributed by atoms with Crippen molar-refractivity contribution in [1.29, 1.82) is 0 Å². The van der Waals surface area contributed by atoms with E-state index in [0.29, 0.717) is 16.6 Å². The van der Waals surface area contributed by atoms with Crippen molar-refractivity contribution >= 4 is 28.8 Å². The van der Waals surface area contributed by atoms with Gasteiger partial charge in [-0.15, -0.1) is 0 Å². The van der Waals surface area contributed by atoms with Gasteiger partial charge >= 0.3 is 0 Å². The lowest BCUT2D eigenvalue weighted by molar-refractivity contribution is 0.665. The zero-order valence-electron chi connectivity index (χ0n) is 12.6. The van der Waals surface area contributed by atoms with Crippen LogP contribution in [0.2, 0.25) is 10.0 Å². The Morgan fingerprint density at radius 1 is 1.32 bits per heavy atom. The fourth-order valence-corrected chi connectivity index (χ4v) is 3.39. The zero-order valence-corrected chi connectivity index (χ0v) is 14.1. The third-order valence-electron chi connectivity index (χ3n) is 4.00. The summed E-state index contributed by atoms with van der Waals surface area (Å²) >= 11 is 12.3. The number of aryl methyl sites for hydroxylation is 1. The van der Waals surface area contributed by atoms with E-state index in [0.717, 1.165) is 24.9 Å². The van der Waals surface area contributed by atoms with Crippen LogP contribution < -0.4 is 5.32 Å². The molecule has 0 unspecified atom stereocenters. The first-order chi connectivity index (χ1) is 10.7. The van der Waals surface area contributed by atoms with Crippen molar-refractivity contribution in [2.24, 2.45) is 0 Å². The summed E-state index contributed by atoms with van der Waals surface area (Å²) in [5.74, 6) is 0. The average Bonchev–Trinajstić information content (AvgIpc) is 2.92. The molecule has 0 fully saturated rings. The fraction of sp³-hybridized carbons (Fsp3) is 0.353. The van der Waals surface area contributed by atoms with Gasteiger partial charge in [0.1, 0.15) is 0 Å². The summed E-state index contributed by atoms with van der Waals surface area (Å²) in [7, 11) is 1.96. The van der Waals surface area contributed by atoms with Gasteiger partial charge in [-0.25, -0.2) is 0 Å². The lowest BCUT2D eigenvalue weighted by atomic mass is 9.92. The van der Waals surface area contributed by atoms with Crippen LogP contribution in [0.5, 0.6) is 0 Å². The zero-order chi connectivity index (χ0) is 15.5. The predicted octanol–water partition coefficient (Wildman–Crippen LogP) is 4.18. The average molecular weight is 336 g/mol. The Kier molecular flexibility index (Phi) is 4.87. The topological polar surface area (TPSA) is 29.9 Å². The van der Waals surface area contributed by atoms with E-state index in [1.165, 1.54) is 23.3 Å². The highest BCUT2D eigenvalue weighted by Crippen LogP contribution is 2.31. The molecule has 1 aromatic heterocycles. The molecule has 1 aromatic carbocycles. The van der Waals surface area contributed by atoms with Gasteiger partial charge in [-0.3, -0.25) is 4.68 Å². The molecule has 0 aliphatic heterocycles. The summed E-state index contributed by atoms with van der Waals surface area (Å²) in [4.78, 5) is 0. The predicted molar refractivity (Wildman–Crippen MR) is 92.6 cm³/mol. The van der Waals surface area contributed by atoms with E-state index in [9.17, 15) is 0 Å². The molecule has 0 radical (unpaired) electrons. The number of hydrogen-bond donors (Lipinski definition) is 1. The monoisotopic (exact) mass is 335 g/mol. The number of nitrogens with one attached hydrogen (secondary N) is 1. The number of halogens is 2. The van der Waals surface area contributed by atoms with Gasteiger partial charge in [-0.1, -0.05) is 35.3 Å². The van der Waals surface area contributed by atoms with Crippen LogP contribution in [-0.2, 0) is 13.0 Å². The summed E-state index contributed by atoms with van der Waals surface area (Å²) in [6.45, 7) is 1.55. The number of fused-ring (bicyclic) bond motifs is 1. The minimum absolute atomic E-state index is 0.658. The number of benzene rings is 1. The van der Waals surface area contributed by atoms with E-state index in [-0.39, 0.29) is 0 Å². The first-order valence-electron chi connectivity index (χ1n) is 7.51. The van der Waals surface area contributed by atoms with Crippen molar-refractivity contribution in [2.75, 3.05) is 13.6 Å². The Bertz CT molecular complexity index is 704. The lowest BCUT2D eigenvalue weighted by Crippen LogP contribution is -2.12. The van der Waals surface area contributed by atoms with Crippen molar-refractivity contribution in [2.45, 2.75) is 25.8 Å². The molecule has 22 heavy (non-hydrogen) atoms. The van der Waals surface area contributed by atoms with Gasteiger partial charge in [0.2, 0.25) is 0 Å². The molecule has 3 nitrogen and oxygen atoms in total. The molecule has 0 bridgehead atoms. The Morgan fingerprint density at radius 3 is 2.95 bits per heavy atom. The van der Waals surface area contributed by atoms with Crippen molar-refractivity contribution in [3.05, 3.63) is 57.3 Å². The molecular weight excluding hydrogens is 317 g/mol. The Balaban J connectivity index is 1.94. The van der Waals surface area contributed by atoms with E-state index >= 15 is 0 Å². The molecule has 0 saturated carbocycles. The summed E-state index contributed by atoms with van der Waals surface area (Å²) in [5.41, 5.74) is 5.00. The molecule has 0 amide bonds. The highest BCUT2D eigenvalue weighted by atomic mass is 35.5. The summed E-state index contributed by atoms with van der Waals surface area (Å²) < 4.78 is 2.06. The number of aromatic nitrogens is 2. The molecule has 1 heterocycles. The van der Waals surface area contributed by atoms with Crippen molar-refractivity contribution in [3.8, 4) is 0 Å². The summed E-state index contributed by atoms with van der Waals surface area (Å²) in [5, 5.41) is 9.11. The van der Waals surface area contributed by atoms with Gasteiger partial charge in [0.05, 0.1) is 18.4 Å². The number of likely N-dealkylation sites (N-methyl/N-ethyl adjacent to an activating group) is 1. The quantitative estimate of drug-likeness (QED) is 0.908. The second-order valence-electron chi connectivity index (χ2n) is 5.55. The molecule has 1 aliphatic carbocycles. The van der Waals surface area contributed by atoms with Crippen LogP contribution in [0.1, 0.15) is 29.7 Å². The van der Waals surface area contributed by atoms with E-state index < -0.39 is 0 Å². The Labute approximate surface area is 140 Å². The second-order valence-corrected chi connectivity index (χ2v) is 6.40. The van der Waals surface area contributed by atoms with E-state index in [2.05, 4.69) is 21.2 Å². The summed E-state index contributed by atoms with van der Waals surface area (Å²) in [6, 6.07) is 5.63. The second kappa shape index (κ2) is 6.86. The maximum absolute atomic E-state index is 6.30. The molecular formula is C17H19Cl2N3. The first kappa shape index (κ1) is 15.6. The summed E-state index contributed by atoms with van der Waals surface area (Å²) in [6.07, 6.45) is 7.65. The van der Waals surface area contributed by atoms with Crippen molar-refractivity contribution in [1.82, 2.24) is 15.1 Å². The van der Waals surface area contributed by atoms with Gasteiger partial charge < -0.3 is 5.32 Å². The Hall–Kier alpha value is -1.29. The van der Waals surface area contributed by atoms with Gasteiger partial charge in [-0.05, 0) is 55.1 Å². The van der Waals surface area contributed by atoms with Gasteiger partial charge in [0, 0.05) is 16.6 Å². The molecule has 0 spiro atoms.